The van der Waals surface area contributed by atoms with Gasteiger partial charge in [0, 0.05) is 12.2 Å². The zero-order chi connectivity index (χ0) is 9.52. The number of hydrogen-bond acceptors (Lipinski definition) is 3. The van der Waals surface area contributed by atoms with Crippen LogP contribution in [0.2, 0.25) is 0 Å². The van der Waals surface area contributed by atoms with Crippen LogP contribution in [0.25, 0.3) is 0 Å². The molecular weight excluding hydrogens is 164 g/mol. The zero-order valence-corrected chi connectivity index (χ0v) is 8.13. The highest BCUT2D eigenvalue weighted by atomic mass is 16.6. The number of nitrogens with one attached hydrogen (secondary N) is 2. The van der Waals surface area contributed by atoms with Crippen LogP contribution in [0.5, 0.6) is 0 Å². The Labute approximate surface area is 79.1 Å². The van der Waals surface area contributed by atoms with E-state index in [1.165, 1.54) is 0 Å². The molecule has 0 aromatic heterocycles. The minimum atomic E-state index is 0.963. The van der Waals surface area contributed by atoms with Crippen molar-refractivity contribution in [2.75, 3.05) is 24.5 Å². The van der Waals surface area contributed by atoms with Crippen LogP contribution < -0.4 is 10.8 Å². The van der Waals surface area contributed by atoms with Crippen LogP contribution in [0.4, 0.5) is 11.4 Å². The first-order valence-corrected chi connectivity index (χ1v) is 4.49. The van der Waals surface area contributed by atoms with Crippen LogP contribution in [0.3, 0.4) is 0 Å². The van der Waals surface area contributed by atoms with E-state index in [2.05, 4.69) is 17.7 Å². The van der Waals surface area contributed by atoms with E-state index in [0.717, 1.165) is 24.3 Å². The summed E-state index contributed by atoms with van der Waals surface area (Å²) in [5, 5.41) is 3.30. The molecule has 1 aromatic carbocycles. The molecule has 0 heterocycles. The molecular formula is C10H16N2O. The quantitative estimate of drug-likeness (QED) is 0.683. The summed E-state index contributed by atoms with van der Waals surface area (Å²) in [4.78, 5) is 4.78. The van der Waals surface area contributed by atoms with Gasteiger partial charge in [0.15, 0.2) is 0 Å². The van der Waals surface area contributed by atoms with E-state index in [9.17, 15) is 0 Å². The van der Waals surface area contributed by atoms with Crippen LogP contribution in [-0.4, -0.2) is 13.7 Å². The van der Waals surface area contributed by atoms with E-state index >= 15 is 0 Å². The Morgan fingerprint density at radius 1 is 1.15 bits per heavy atom. The summed E-state index contributed by atoms with van der Waals surface area (Å²) in [6, 6.07) is 8.00. The third-order valence-corrected chi connectivity index (χ3v) is 1.68. The Morgan fingerprint density at radius 2 is 1.77 bits per heavy atom. The van der Waals surface area contributed by atoms with Gasteiger partial charge in [0.1, 0.15) is 0 Å². The molecule has 0 atom stereocenters. The Kier molecular flexibility index (Phi) is 4.12. The molecule has 3 heteroatoms. The summed E-state index contributed by atoms with van der Waals surface area (Å²) >= 11 is 0. The lowest BCUT2D eigenvalue weighted by Crippen LogP contribution is -2.00. The Bertz CT molecular complexity index is 233. The normalized spacial score (nSPS) is 9.69. The van der Waals surface area contributed by atoms with E-state index in [4.69, 9.17) is 4.84 Å². The molecule has 0 radical (unpaired) electrons. The van der Waals surface area contributed by atoms with Gasteiger partial charge in [-0.1, -0.05) is 6.92 Å². The minimum Gasteiger partial charge on any atom is -0.385 e. The first-order valence-electron chi connectivity index (χ1n) is 4.49. The van der Waals surface area contributed by atoms with Crippen LogP contribution in [0.15, 0.2) is 24.3 Å². The van der Waals surface area contributed by atoms with Crippen molar-refractivity contribution in [3.05, 3.63) is 24.3 Å². The number of hydrogen-bond donors (Lipinski definition) is 2. The first-order chi connectivity index (χ1) is 6.36. The molecule has 0 saturated carbocycles. The van der Waals surface area contributed by atoms with Crippen molar-refractivity contribution in [2.24, 2.45) is 0 Å². The van der Waals surface area contributed by atoms with Gasteiger partial charge in [-0.25, -0.2) is 0 Å². The maximum absolute atomic E-state index is 4.78. The maximum atomic E-state index is 4.78. The van der Waals surface area contributed by atoms with Crippen molar-refractivity contribution < 1.29 is 4.84 Å². The summed E-state index contributed by atoms with van der Waals surface area (Å²) in [5.41, 5.74) is 4.87. The highest BCUT2D eigenvalue weighted by molar-refractivity contribution is 5.52. The van der Waals surface area contributed by atoms with E-state index < -0.39 is 0 Å². The predicted octanol–water partition coefficient (Wildman–Crippen LogP) is 2.48. The topological polar surface area (TPSA) is 33.3 Å². The molecule has 0 fully saturated rings. The van der Waals surface area contributed by atoms with Gasteiger partial charge in [-0.05, 0) is 30.7 Å². The van der Waals surface area contributed by atoms with Crippen LogP contribution in [-0.2, 0) is 4.84 Å². The zero-order valence-electron chi connectivity index (χ0n) is 8.13. The molecule has 3 nitrogen and oxygen atoms in total. The van der Waals surface area contributed by atoms with Crippen LogP contribution in [0.1, 0.15) is 13.3 Å². The number of anilines is 2. The molecule has 72 valence electrons. The summed E-state index contributed by atoms with van der Waals surface area (Å²) in [6.07, 6.45) is 1.14. The fourth-order valence-corrected chi connectivity index (χ4v) is 1.04. The van der Waals surface area contributed by atoms with Crippen LogP contribution in [0, 0.1) is 0 Å². The van der Waals surface area contributed by atoms with Crippen molar-refractivity contribution in [2.45, 2.75) is 13.3 Å². The van der Waals surface area contributed by atoms with E-state index in [-0.39, 0.29) is 0 Å². The highest BCUT2D eigenvalue weighted by Crippen LogP contribution is 2.12. The molecule has 2 N–H and O–H groups in total. The average Bonchev–Trinajstić information content (AvgIpc) is 2.17. The number of rotatable bonds is 5. The van der Waals surface area contributed by atoms with Crippen molar-refractivity contribution in [1.29, 1.82) is 0 Å². The lowest BCUT2D eigenvalue weighted by Gasteiger charge is -2.06. The molecule has 0 saturated heterocycles. The summed E-state index contributed by atoms with van der Waals surface area (Å²) < 4.78 is 0. The van der Waals surface area contributed by atoms with Gasteiger partial charge in [-0.2, -0.15) is 0 Å². The fourth-order valence-electron chi connectivity index (χ4n) is 1.04. The lowest BCUT2D eigenvalue weighted by atomic mass is 10.3. The summed E-state index contributed by atoms with van der Waals surface area (Å²) in [5.74, 6) is 0. The SMILES string of the molecule is CCCNc1ccc(NOC)cc1. The Balaban J connectivity index is 2.48. The molecule has 0 unspecified atom stereocenters. The highest BCUT2D eigenvalue weighted by Gasteiger charge is 1.91. The van der Waals surface area contributed by atoms with Crippen LogP contribution >= 0.6 is 0 Å². The van der Waals surface area contributed by atoms with Gasteiger partial charge in [0.2, 0.25) is 0 Å². The van der Waals surface area contributed by atoms with Crippen molar-refractivity contribution in [3.63, 3.8) is 0 Å². The van der Waals surface area contributed by atoms with Gasteiger partial charge < -0.3 is 5.32 Å². The first kappa shape index (κ1) is 9.86. The second-order valence-electron chi connectivity index (χ2n) is 2.81. The van der Waals surface area contributed by atoms with E-state index in [1.807, 2.05) is 24.3 Å². The van der Waals surface area contributed by atoms with Crippen molar-refractivity contribution in [3.8, 4) is 0 Å². The second kappa shape index (κ2) is 5.43. The molecule has 0 aliphatic rings. The minimum absolute atomic E-state index is 0.963. The largest absolute Gasteiger partial charge is 0.385 e. The molecule has 0 amide bonds. The van der Waals surface area contributed by atoms with E-state index in [1.54, 1.807) is 7.11 Å². The Morgan fingerprint density at radius 3 is 2.31 bits per heavy atom. The van der Waals surface area contributed by atoms with Gasteiger partial charge in [-0.15, -0.1) is 0 Å². The second-order valence-corrected chi connectivity index (χ2v) is 2.81. The standard InChI is InChI=1S/C10H16N2O/c1-3-8-11-9-4-6-10(7-5-9)12-13-2/h4-7,11-12H,3,8H2,1-2H3. The fraction of sp³-hybridized carbons (Fsp3) is 0.400. The Hall–Kier alpha value is -1.22. The lowest BCUT2D eigenvalue weighted by molar-refractivity contribution is 0.271. The molecule has 0 aliphatic carbocycles. The summed E-state index contributed by atoms with van der Waals surface area (Å²) in [6.45, 7) is 3.16. The van der Waals surface area contributed by atoms with Gasteiger partial charge >= 0.3 is 0 Å². The van der Waals surface area contributed by atoms with E-state index in [0.29, 0.717) is 0 Å². The third kappa shape index (κ3) is 3.34. The molecule has 1 rings (SSSR count). The maximum Gasteiger partial charge on any atom is 0.0636 e. The van der Waals surface area contributed by atoms with Crippen molar-refractivity contribution >= 4 is 11.4 Å². The average molecular weight is 180 g/mol. The summed E-state index contributed by atoms with van der Waals surface area (Å²) in [7, 11) is 1.60. The molecule has 0 spiro atoms. The molecule has 0 bridgehead atoms. The monoisotopic (exact) mass is 180 g/mol. The van der Waals surface area contributed by atoms with Gasteiger partial charge in [0.25, 0.3) is 0 Å². The number of benzene rings is 1. The van der Waals surface area contributed by atoms with Crippen molar-refractivity contribution in [1.82, 2.24) is 0 Å². The predicted molar refractivity (Wildman–Crippen MR) is 55.9 cm³/mol. The molecule has 0 aliphatic heterocycles. The third-order valence-electron chi connectivity index (χ3n) is 1.68. The smallest absolute Gasteiger partial charge is 0.0636 e. The van der Waals surface area contributed by atoms with Gasteiger partial charge in [-0.3, -0.25) is 10.3 Å². The molecule has 13 heavy (non-hydrogen) atoms. The van der Waals surface area contributed by atoms with Gasteiger partial charge in [0.05, 0.1) is 12.8 Å². The molecule has 1 aromatic rings.